The smallest absolute Gasteiger partial charge is 0.0964 e. The molecule has 0 radical (unpaired) electrons. The molecule has 0 bridgehead atoms. The molecule has 0 spiro atoms. The summed E-state index contributed by atoms with van der Waals surface area (Å²) in [5.41, 5.74) is 13.7. The normalized spacial score (nSPS) is 38.1. The minimum atomic E-state index is -0.733. The van der Waals surface area contributed by atoms with Gasteiger partial charge in [-0.15, -0.1) is 5.73 Å². The van der Waals surface area contributed by atoms with Crippen LogP contribution in [0.25, 0.3) is 0 Å². The van der Waals surface area contributed by atoms with Crippen LogP contribution in [-0.4, -0.2) is 87.7 Å². The van der Waals surface area contributed by atoms with Crippen molar-refractivity contribution in [3.8, 4) is 0 Å². The number of rotatable bonds is 11. The summed E-state index contributed by atoms with van der Waals surface area (Å²) in [7, 11) is 2.21. The van der Waals surface area contributed by atoms with Crippen molar-refractivity contribution in [2.45, 2.75) is 113 Å². The lowest BCUT2D eigenvalue weighted by Crippen LogP contribution is -2.51. The summed E-state index contributed by atoms with van der Waals surface area (Å²) in [5, 5.41) is 29.8. The van der Waals surface area contributed by atoms with E-state index in [1.807, 2.05) is 6.08 Å². The molecule has 4 fully saturated rings. The van der Waals surface area contributed by atoms with Crippen LogP contribution in [-0.2, 0) is 5.41 Å². The van der Waals surface area contributed by atoms with Crippen LogP contribution in [0.15, 0.2) is 49.0 Å². The maximum absolute atomic E-state index is 11.2. The molecule has 0 amide bonds. The zero-order valence-corrected chi connectivity index (χ0v) is 26.0. The molecule has 0 aromatic heterocycles. The number of anilines is 2. The van der Waals surface area contributed by atoms with E-state index in [2.05, 4.69) is 82.2 Å². The Labute approximate surface area is 257 Å². The van der Waals surface area contributed by atoms with Gasteiger partial charge in [-0.2, -0.15) is 0 Å². The number of hydrogen-bond donors (Lipinski definition) is 5. The van der Waals surface area contributed by atoms with Gasteiger partial charge in [0.25, 0.3) is 0 Å². The highest BCUT2D eigenvalue weighted by Crippen LogP contribution is 2.46. The van der Waals surface area contributed by atoms with Gasteiger partial charge >= 0.3 is 0 Å². The molecule has 7 rings (SSSR count). The number of benzene rings is 1. The van der Waals surface area contributed by atoms with Crippen molar-refractivity contribution < 1.29 is 10.2 Å². The van der Waals surface area contributed by atoms with Gasteiger partial charge in [0.1, 0.15) is 0 Å². The molecule has 8 nitrogen and oxygen atoms in total. The lowest BCUT2D eigenvalue weighted by Gasteiger charge is -2.43. The Morgan fingerprint density at radius 2 is 1.91 bits per heavy atom. The maximum atomic E-state index is 11.2. The van der Waals surface area contributed by atoms with E-state index in [0.29, 0.717) is 17.6 Å². The molecule has 3 aliphatic carbocycles. The van der Waals surface area contributed by atoms with Crippen LogP contribution in [0.4, 0.5) is 11.4 Å². The average Bonchev–Trinajstić information content (AvgIpc) is 3.45. The number of nitrogens with zero attached hydrogens (tertiary/aromatic N) is 3. The summed E-state index contributed by atoms with van der Waals surface area (Å²) in [6.07, 6.45) is 15.6. The Kier molecular flexibility index (Phi) is 7.90. The van der Waals surface area contributed by atoms with Gasteiger partial charge in [0.15, 0.2) is 0 Å². The maximum Gasteiger partial charge on any atom is 0.0964 e. The number of likely N-dealkylation sites (tertiary alicyclic amines) is 1. The van der Waals surface area contributed by atoms with Gasteiger partial charge in [0, 0.05) is 55.5 Å². The van der Waals surface area contributed by atoms with Crippen LogP contribution >= 0.6 is 0 Å². The number of hydrogen-bond acceptors (Lipinski definition) is 8. The SMILES string of the molecule is C=C=CC(N)C1CCN(C2CC(CN(C)C3CC(CCC4Nc5ccc(C6(C)CCC6)cc5N4)C3)C(O)C2O)C1N1C=C1. The van der Waals surface area contributed by atoms with Gasteiger partial charge in [0.2, 0.25) is 0 Å². The summed E-state index contributed by atoms with van der Waals surface area (Å²) in [6.45, 7) is 7.82. The van der Waals surface area contributed by atoms with Crippen LogP contribution < -0.4 is 16.4 Å². The Morgan fingerprint density at radius 1 is 1.14 bits per heavy atom. The third kappa shape index (κ3) is 5.56. The number of nitrogens with two attached hydrogens (primary N) is 1. The second kappa shape index (κ2) is 11.6. The summed E-state index contributed by atoms with van der Waals surface area (Å²) in [5.74, 6) is 1.08. The van der Waals surface area contributed by atoms with Crippen molar-refractivity contribution in [3.05, 3.63) is 54.5 Å². The molecule has 8 unspecified atom stereocenters. The lowest BCUT2D eigenvalue weighted by atomic mass is 9.66. The van der Waals surface area contributed by atoms with Crippen molar-refractivity contribution in [1.29, 1.82) is 0 Å². The summed E-state index contributed by atoms with van der Waals surface area (Å²) in [4.78, 5) is 7.06. The third-order valence-electron chi connectivity index (χ3n) is 12.1. The van der Waals surface area contributed by atoms with Crippen LogP contribution in [0.3, 0.4) is 0 Å². The molecule has 6 N–H and O–H groups in total. The predicted octanol–water partition coefficient (Wildman–Crippen LogP) is 4.00. The highest BCUT2D eigenvalue weighted by Gasteiger charge is 2.52. The second-order valence-electron chi connectivity index (χ2n) is 14.9. The van der Waals surface area contributed by atoms with E-state index in [4.69, 9.17) is 5.73 Å². The fraction of sp³-hybridized carbons (Fsp3) is 0.686. The molecule has 1 saturated heterocycles. The number of aliphatic hydroxyl groups excluding tert-OH is 2. The zero-order chi connectivity index (χ0) is 29.9. The lowest BCUT2D eigenvalue weighted by molar-refractivity contribution is -0.0300. The van der Waals surface area contributed by atoms with E-state index in [0.717, 1.165) is 38.3 Å². The molecular weight excluding hydrogens is 536 g/mol. The largest absolute Gasteiger partial charge is 0.390 e. The molecule has 3 aliphatic heterocycles. The monoisotopic (exact) mass is 588 g/mol. The quantitative estimate of drug-likeness (QED) is 0.248. The summed E-state index contributed by atoms with van der Waals surface area (Å²) < 4.78 is 0. The van der Waals surface area contributed by atoms with Gasteiger partial charge in [-0.25, -0.2) is 0 Å². The van der Waals surface area contributed by atoms with Gasteiger partial charge < -0.3 is 36.4 Å². The Balaban J connectivity index is 0.867. The van der Waals surface area contributed by atoms with E-state index >= 15 is 0 Å². The molecule has 234 valence electrons. The molecule has 3 heterocycles. The molecule has 1 aromatic carbocycles. The van der Waals surface area contributed by atoms with Crippen LogP contribution in [0.1, 0.15) is 70.3 Å². The zero-order valence-electron chi connectivity index (χ0n) is 26.0. The molecule has 1 aromatic rings. The highest BCUT2D eigenvalue weighted by molar-refractivity contribution is 5.75. The molecule has 8 atom stereocenters. The first-order valence-electron chi connectivity index (χ1n) is 16.8. The van der Waals surface area contributed by atoms with E-state index in [9.17, 15) is 10.2 Å². The highest BCUT2D eigenvalue weighted by atomic mass is 16.3. The Bertz CT molecular complexity index is 1250. The minimum Gasteiger partial charge on any atom is -0.390 e. The fourth-order valence-corrected chi connectivity index (χ4v) is 8.99. The summed E-state index contributed by atoms with van der Waals surface area (Å²) >= 11 is 0. The standard InChI is InChI=1S/C35H52N6O2/c1-4-6-27(36)26-11-14-41(34(26)40-15-16-40)30-19-23(32(42)33(30)43)21-39(3)25-17-22(18-25)7-10-31-37-28-9-8-24(20-29(28)38-31)35(2)12-5-13-35/h6,8-9,15-16,20,22-23,25-27,30-34,37-38,42-43H,1,5,7,10-14,17-19,21,36H2,2-3H3. The van der Waals surface area contributed by atoms with Crippen LogP contribution in [0.2, 0.25) is 0 Å². The molecular formula is C35H52N6O2. The first-order valence-corrected chi connectivity index (χ1v) is 16.8. The van der Waals surface area contributed by atoms with Crippen LogP contribution in [0, 0.1) is 17.8 Å². The topological polar surface area (TPSA) is 100 Å². The van der Waals surface area contributed by atoms with Crippen molar-refractivity contribution >= 4 is 11.4 Å². The van der Waals surface area contributed by atoms with E-state index < -0.39 is 12.2 Å². The molecule has 43 heavy (non-hydrogen) atoms. The fourth-order valence-electron chi connectivity index (χ4n) is 8.99. The number of nitrogens with one attached hydrogen (secondary N) is 2. The van der Waals surface area contributed by atoms with Gasteiger partial charge in [-0.1, -0.05) is 26.0 Å². The van der Waals surface area contributed by atoms with Gasteiger partial charge in [0.05, 0.1) is 35.9 Å². The average molecular weight is 589 g/mol. The Morgan fingerprint density at radius 3 is 2.60 bits per heavy atom. The van der Waals surface area contributed by atoms with E-state index in [-0.39, 0.29) is 30.1 Å². The van der Waals surface area contributed by atoms with Crippen molar-refractivity contribution in [1.82, 2.24) is 14.7 Å². The first kappa shape index (κ1) is 29.4. The molecule has 6 aliphatic rings. The summed E-state index contributed by atoms with van der Waals surface area (Å²) in [6, 6.07) is 7.37. The predicted molar refractivity (Wildman–Crippen MR) is 172 cm³/mol. The van der Waals surface area contributed by atoms with E-state index in [1.54, 1.807) is 0 Å². The van der Waals surface area contributed by atoms with Gasteiger partial charge in [-0.05, 0) is 93.5 Å². The molecule has 3 saturated carbocycles. The van der Waals surface area contributed by atoms with Crippen LogP contribution in [0.5, 0.6) is 0 Å². The van der Waals surface area contributed by atoms with Crippen molar-refractivity contribution in [2.75, 3.05) is 30.8 Å². The Hall–Kier alpha value is -2.32. The number of fused-ring (bicyclic) bond motifs is 1. The van der Waals surface area contributed by atoms with Crippen molar-refractivity contribution in [2.24, 2.45) is 23.5 Å². The van der Waals surface area contributed by atoms with Gasteiger partial charge in [-0.3, -0.25) is 4.90 Å². The third-order valence-corrected chi connectivity index (χ3v) is 12.1. The van der Waals surface area contributed by atoms with E-state index in [1.165, 1.54) is 55.5 Å². The second-order valence-corrected chi connectivity index (χ2v) is 14.9. The van der Waals surface area contributed by atoms with Crippen molar-refractivity contribution in [3.63, 3.8) is 0 Å². The first-order chi connectivity index (χ1) is 20.7. The minimum absolute atomic E-state index is 0.0527. The molecule has 8 heteroatoms. The number of aliphatic hydroxyl groups is 2.